The van der Waals surface area contributed by atoms with Crippen LogP contribution in [0.5, 0.6) is 0 Å². The van der Waals surface area contributed by atoms with Gasteiger partial charge in [0.1, 0.15) is 11.9 Å². The molecular formula is C10H15N3O. The molecule has 0 unspecified atom stereocenters. The van der Waals surface area contributed by atoms with Crippen LogP contribution < -0.4 is 5.32 Å². The van der Waals surface area contributed by atoms with E-state index in [4.69, 9.17) is 0 Å². The highest BCUT2D eigenvalue weighted by molar-refractivity contribution is 5.83. The molecular weight excluding hydrogens is 178 g/mol. The van der Waals surface area contributed by atoms with Crippen molar-refractivity contribution in [1.29, 1.82) is 0 Å². The number of rotatable bonds is 3. The van der Waals surface area contributed by atoms with Crippen molar-refractivity contribution in [3.8, 4) is 0 Å². The molecule has 0 saturated heterocycles. The van der Waals surface area contributed by atoms with Gasteiger partial charge in [0.05, 0.1) is 0 Å². The highest BCUT2D eigenvalue weighted by Gasteiger charge is 2.14. The maximum absolute atomic E-state index is 11.5. The largest absolute Gasteiger partial charge is 0.359 e. The SMILES string of the molecule is C[C@H](Nc1ccccn1)C(=O)N(C)C. The van der Waals surface area contributed by atoms with Crippen molar-refractivity contribution in [2.75, 3.05) is 19.4 Å². The summed E-state index contributed by atoms with van der Waals surface area (Å²) >= 11 is 0. The Bertz CT molecular complexity index is 297. The van der Waals surface area contributed by atoms with Crippen LogP contribution in [0.15, 0.2) is 24.4 Å². The number of pyridine rings is 1. The van der Waals surface area contributed by atoms with Gasteiger partial charge in [0.2, 0.25) is 5.91 Å². The van der Waals surface area contributed by atoms with E-state index in [1.54, 1.807) is 25.2 Å². The number of amides is 1. The van der Waals surface area contributed by atoms with Crippen LogP contribution in [0.1, 0.15) is 6.92 Å². The second kappa shape index (κ2) is 4.60. The lowest BCUT2D eigenvalue weighted by molar-refractivity contribution is -0.129. The fourth-order valence-electron chi connectivity index (χ4n) is 1.12. The predicted octanol–water partition coefficient (Wildman–Crippen LogP) is 0.970. The van der Waals surface area contributed by atoms with E-state index in [-0.39, 0.29) is 11.9 Å². The van der Waals surface area contributed by atoms with Crippen molar-refractivity contribution >= 4 is 11.7 Å². The summed E-state index contributed by atoms with van der Waals surface area (Å²) in [4.78, 5) is 17.1. The first-order valence-electron chi connectivity index (χ1n) is 4.50. The smallest absolute Gasteiger partial charge is 0.244 e. The van der Waals surface area contributed by atoms with Crippen LogP contribution in [0.25, 0.3) is 0 Å². The highest BCUT2D eigenvalue weighted by Crippen LogP contribution is 2.03. The van der Waals surface area contributed by atoms with E-state index in [0.29, 0.717) is 0 Å². The van der Waals surface area contributed by atoms with Crippen LogP contribution in [-0.4, -0.2) is 35.9 Å². The summed E-state index contributed by atoms with van der Waals surface area (Å²) in [7, 11) is 3.47. The standard InChI is InChI=1S/C10H15N3O/c1-8(10(14)13(2)3)12-9-6-4-5-7-11-9/h4-8H,1-3H3,(H,11,12)/t8-/m0/s1. The highest BCUT2D eigenvalue weighted by atomic mass is 16.2. The molecule has 1 aromatic heterocycles. The van der Waals surface area contributed by atoms with E-state index in [1.807, 2.05) is 25.1 Å². The third kappa shape index (κ3) is 2.73. The fraction of sp³-hybridized carbons (Fsp3) is 0.400. The molecule has 0 bridgehead atoms. The molecule has 1 heterocycles. The van der Waals surface area contributed by atoms with Gasteiger partial charge in [-0.05, 0) is 19.1 Å². The van der Waals surface area contributed by atoms with Gasteiger partial charge < -0.3 is 10.2 Å². The van der Waals surface area contributed by atoms with E-state index in [2.05, 4.69) is 10.3 Å². The van der Waals surface area contributed by atoms with E-state index in [0.717, 1.165) is 5.82 Å². The van der Waals surface area contributed by atoms with Crippen LogP contribution in [0, 0.1) is 0 Å². The first-order valence-corrected chi connectivity index (χ1v) is 4.50. The van der Waals surface area contributed by atoms with Gasteiger partial charge in [-0.15, -0.1) is 0 Å². The molecule has 0 aliphatic carbocycles. The Kier molecular flexibility index (Phi) is 3.45. The van der Waals surface area contributed by atoms with Gasteiger partial charge in [0.25, 0.3) is 0 Å². The molecule has 0 saturated carbocycles. The first-order chi connectivity index (χ1) is 6.61. The van der Waals surface area contributed by atoms with Gasteiger partial charge in [-0.25, -0.2) is 4.98 Å². The minimum atomic E-state index is -0.250. The molecule has 1 N–H and O–H groups in total. The molecule has 0 aromatic carbocycles. The lowest BCUT2D eigenvalue weighted by Gasteiger charge is -2.18. The second-order valence-corrected chi connectivity index (χ2v) is 3.31. The Morgan fingerprint density at radius 3 is 2.71 bits per heavy atom. The summed E-state index contributed by atoms with van der Waals surface area (Å²) in [5.74, 6) is 0.755. The van der Waals surface area contributed by atoms with E-state index >= 15 is 0 Å². The molecule has 0 aliphatic rings. The van der Waals surface area contributed by atoms with E-state index in [1.165, 1.54) is 0 Å². The third-order valence-corrected chi connectivity index (χ3v) is 1.84. The van der Waals surface area contributed by atoms with Gasteiger partial charge in [0.15, 0.2) is 0 Å². The monoisotopic (exact) mass is 193 g/mol. The van der Waals surface area contributed by atoms with Gasteiger partial charge in [0, 0.05) is 20.3 Å². The molecule has 1 atom stereocenters. The summed E-state index contributed by atoms with van der Waals surface area (Å²) in [6, 6.07) is 5.30. The molecule has 0 aliphatic heterocycles. The van der Waals surface area contributed by atoms with Crippen LogP contribution in [-0.2, 0) is 4.79 Å². The average Bonchev–Trinajstić information content (AvgIpc) is 2.18. The number of aromatic nitrogens is 1. The maximum atomic E-state index is 11.5. The zero-order valence-electron chi connectivity index (χ0n) is 8.69. The third-order valence-electron chi connectivity index (χ3n) is 1.84. The number of hydrogen-bond donors (Lipinski definition) is 1. The maximum Gasteiger partial charge on any atom is 0.244 e. The first kappa shape index (κ1) is 10.5. The van der Waals surface area contributed by atoms with Crippen molar-refractivity contribution in [3.63, 3.8) is 0 Å². The molecule has 1 rings (SSSR count). The lowest BCUT2D eigenvalue weighted by atomic mass is 10.3. The topological polar surface area (TPSA) is 45.2 Å². The Morgan fingerprint density at radius 1 is 1.50 bits per heavy atom. The lowest BCUT2D eigenvalue weighted by Crippen LogP contribution is -2.36. The molecule has 1 aromatic rings. The Labute approximate surface area is 83.9 Å². The number of nitrogens with zero attached hydrogens (tertiary/aromatic N) is 2. The molecule has 0 fully saturated rings. The number of hydrogen-bond acceptors (Lipinski definition) is 3. The number of likely N-dealkylation sites (N-methyl/N-ethyl adjacent to an activating group) is 1. The second-order valence-electron chi connectivity index (χ2n) is 3.31. The molecule has 0 spiro atoms. The Balaban J connectivity index is 2.57. The summed E-state index contributed by atoms with van der Waals surface area (Å²) < 4.78 is 0. The van der Waals surface area contributed by atoms with Crippen LogP contribution in [0.2, 0.25) is 0 Å². The minimum Gasteiger partial charge on any atom is -0.359 e. The zero-order valence-corrected chi connectivity index (χ0v) is 8.69. The summed E-state index contributed by atoms with van der Waals surface area (Å²) in [6.07, 6.45) is 1.69. The fourth-order valence-corrected chi connectivity index (χ4v) is 1.12. The van der Waals surface area contributed by atoms with Crippen LogP contribution >= 0.6 is 0 Å². The summed E-state index contributed by atoms with van der Waals surface area (Å²) in [5.41, 5.74) is 0. The zero-order chi connectivity index (χ0) is 10.6. The molecule has 4 nitrogen and oxygen atoms in total. The van der Waals surface area contributed by atoms with Gasteiger partial charge in [-0.1, -0.05) is 6.07 Å². The van der Waals surface area contributed by atoms with Crippen molar-refractivity contribution in [1.82, 2.24) is 9.88 Å². The Morgan fingerprint density at radius 2 is 2.21 bits per heavy atom. The average molecular weight is 193 g/mol. The molecule has 0 radical (unpaired) electrons. The van der Waals surface area contributed by atoms with E-state index < -0.39 is 0 Å². The van der Waals surface area contributed by atoms with Gasteiger partial charge in [-0.3, -0.25) is 4.79 Å². The molecule has 14 heavy (non-hydrogen) atoms. The number of carbonyl (C=O) groups is 1. The molecule has 4 heteroatoms. The normalized spacial score (nSPS) is 11.9. The van der Waals surface area contributed by atoms with Crippen molar-refractivity contribution < 1.29 is 4.79 Å². The predicted molar refractivity (Wildman–Crippen MR) is 56.0 cm³/mol. The quantitative estimate of drug-likeness (QED) is 0.778. The Hall–Kier alpha value is -1.58. The molecule has 1 amide bonds. The van der Waals surface area contributed by atoms with Crippen LogP contribution in [0.3, 0.4) is 0 Å². The minimum absolute atomic E-state index is 0.0376. The van der Waals surface area contributed by atoms with Crippen molar-refractivity contribution in [3.05, 3.63) is 24.4 Å². The van der Waals surface area contributed by atoms with Crippen molar-refractivity contribution in [2.24, 2.45) is 0 Å². The number of carbonyl (C=O) groups excluding carboxylic acids is 1. The number of anilines is 1. The summed E-state index contributed by atoms with van der Waals surface area (Å²) in [6.45, 7) is 1.82. The van der Waals surface area contributed by atoms with Gasteiger partial charge >= 0.3 is 0 Å². The van der Waals surface area contributed by atoms with Crippen LogP contribution in [0.4, 0.5) is 5.82 Å². The number of nitrogens with one attached hydrogen (secondary N) is 1. The van der Waals surface area contributed by atoms with Gasteiger partial charge in [-0.2, -0.15) is 0 Å². The summed E-state index contributed by atoms with van der Waals surface area (Å²) in [5, 5.41) is 3.02. The van der Waals surface area contributed by atoms with E-state index in [9.17, 15) is 4.79 Å². The van der Waals surface area contributed by atoms with Crippen molar-refractivity contribution in [2.45, 2.75) is 13.0 Å². The molecule has 76 valence electrons.